The second-order valence-corrected chi connectivity index (χ2v) is 6.47. The molecule has 2 N–H and O–H groups in total. The molecule has 1 atom stereocenters. The zero-order valence-corrected chi connectivity index (χ0v) is 13.7. The topological polar surface area (TPSA) is 67.1 Å². The van der Waals surface area contributed by atoms with Gasteiger partial charge in [-0.15, -0.1) is 11.3 Å². The summed E-state index contributed by atoms with van der Waals surface area (Å²) in [4.78, 5) is 9.26. The summed E-state index contributed by atoms with van der Waals surface area (Å²) in [5.41, 5.74) is 5.97. The Bertz CT molecular complexity index is 843. The summed E-state index contributed by atoms with van der Waals surface area (Å²) < 4.78 is 2.07. The van der Waals surface area contributed by atoms with Gasteiger partial charge in [-0.3, -0.25) is 5.43 Å². The first-order valence-electron chi connectivity index (χ1n) is 7.71. The number of fused-ring (bicyclic) bond motifs is 1. The number of hydrogen-bond donors (Lipinski definition) is 2. The van der Waals surface area contributed by atoms with Gasteiger partial charge in [0.15, 0.2) is 5.82 Å². The van der Waals surface area contributed by atoms with Crippen molar-refractivity contribution in [2.75, 3.05) is 12.0 Å². The number of imidazole rings is 1. The Hall–Kier alpha value is -2.25. The summed E-state index contributed by atoms with van der Waals surface area (Å²) in [7, 11) is 2.01. The molecule has 7 heteroatoms. The number of para-hydroxylation sites is 2. The van der Waals surface area contributed by atoms with E-state index < -0.39 is 0 Å². The van der Waals surface area contributed by atoms with E-state index in [4.69, 9.17) is 0 Å². The van der Waals surface area contributed by atoms with Crippen LogP contribution in [0.1, 0.15) is 12.8 Å². The normalized spacial score (nSPS) is 18.2. The first-order valence-corrected chi connectivity index (χ1v) is 8.59. The van der Waals surface area contributed by atoms with Crippen molar-refractivity contribution >= 4 is 33.7 Å². The Morgan fingerprint density at radius 3 is 3.13 bits per heavy atom. The minimum atomic E-state index is 0.377. The average Bonchev–Trinajstić information content (AvgIpc) is 3.29. The number of anilines is 1. The van der Waals surface area contributed by atoms with Crippen LogP contribution in [-0.4, -0.2) is 33.3 Å². The van der Waals surface area contributed by atoms with Gasteiger partial charge in [-0.25, -0.2) is 9.97 Å². The third kappa shape index (κ3) is 2.85. The number of nitrogens with one attached hydrogen (secondary N) is 2. The molecule has 0 aliphatic carbocycles. The van der Waals surface area contributed by atoms with Crippen molar-refractivity contribution in [1.82, 2.24) is 19.9 Å². The first-order chi connectivity index (χ1) is 11.3. The highest BCUT2D eigenvalue weighted by Crippen LogP contribution is 2.26. The SMILES string of the molecule is Cn1c(-c2csc(N/N=C\C3CCCN3)n2)nc2ccccc21. The average molecular weight is 326 g/mol. The van der Waals surface area contributed by atoms with Gasteiger partial charge in [0.1, 0.15) is 5.69 Å². The van der Waals surface area contributed by atoms with Crippen molar-refractivity contribution in [3.05, 3.63) is 29.6 Å². The van der Waals surface area contributed by atoms with Gasteiger partial charge < -0.3 is 9.88 Å². The molecular weight excluding hydrogens is 308 g/mol. The molecule has 1 aliphatic heterocycles. The van der Waals surface area contributed by atoms with Crippen molar-refractivity contribution in [3.63, 3.8) is 0 Å². The lowest BCUT2D eigenvalue weighted by atomic mass is 10.2. The second-order valence-electron chi connectivity index (χ2n) is 5.61. The summed E-state index contributed by atoms with van der Waals surface area (Å²) in [5, 5.41) is 10.4. The third-order valence-corrected chi connectivity index (χ3v) is 4.78. The maximum atomic E-state index is 4.67. The van der Waals surface area contributed by atoms with Gasteiger partial charge in [0.25, 0.3) is 0 Å². The van der Waals surface area contributed by atoms with Crippen molar-refractivity contribution in [2.24, 2.45) is 12.1 Å². The molecule has 0 radical (unpaired) electrons. The van der Waals surface area contributed by atoms with Crippen LogP contribution in [0.5, 0.6) is 0 Å². The molecule has 2 aromatic heterocycles. The van der Waals surface area contributed by atoms with E-state index >= 15 is 0 Å². The molecule has 1 aliphatic rings. The monoisotopic (exact) mass is 326 g/mol. The molecule has 1 unspecified atom stereocenters. The van der Waals surface area contributed by atoms with Gasteiger partial charge >= 0.3 is 0 Å². The molecule has 1 fully saturated rings. The fourth-order valence-electron chi connectivity index (χ4n) is 2.82. The van der Waals surface area contributed by atoms with Crippen LogP contribution >= 0.6 is 11.3 Å². The predicted octanol–water partition coefficient (Wildman–Crippen LogP) is 2.85. The number of thiazole rings is 1. The maximum Gasteiger partial charge on any atom is 0.203 e. The van der Waals surface area contributed by atoms with Crippen LogP contribution in [0.4, 0.5) is 5.13 Å². The number of hydrazone groups is 1. The molecule has 0 bridgehead atoms. The van der Waals surface area contributed by atoms with Crippen LogP contribution in [0, 0.1) is 0 Å². The Morgan fingerprint density at radius 1 is 1.39 bits per heavy atom. The minimum Gasteiger partial charge on any atom is -0.326 e. The van der Waals surface area contributed by atoms with Gasteiger partial charge in [-0.05, 0) is 31.5 Å². The molecule has 23 heavy (non-hydrogen) atoms. The lowest BCUT2D eigenvalue weighted by Crippen LogP contribution is -2.22. The lowest BCUT2D eigenvalue weighted by Gasteiger charge is -2.01. The molecule has 0 spiro atoms. The highest BCUT2D eigenvalue weighted by atomic mass is 32.1. The van der Waals surface area contributed by atoms with Crippen molar-refractivity contribution in [2.45, 2.75) is 18.9 Å². The number of hydrogen-bond acceptors (Lipinski definition) is 6. The van der Waals surface area contributed by atoms with E-state index in [2.05, 4.69) is 36.4 Å². The highest BCUT2D eigenvalue weighted by molar-refractivity contribution is 7.14. The molecule has 6 nitrogen and oxygen atoms in total. The number of nitrogens with zero attached hydrogens (tertiary/aromatic N) is 4. The molecular formula is C16H18N6S. The summed E-state index contributed by atoms with van der Waals surface area (Å²) in [5.74, 6) is 0.872. The minimum absolute atomic E-state index is 0.377. The van der Waals surface area contributed by atoms with Gasteiger partial charge in [0, 0.05) is 24.7 Å². The summed E-state index contributed by atoms with van der Waals surface area (Å²) in [6, 6.07) is 8.48. The van der Waals surface area contributed by atoms with E-state index in [1.165, 1.54) is 17.8 Å². The molecule has 0 amide bonds. The predicted molar refractivity (Wildman–Crippen MR) is 95.0 cm³/mol. The number of aryl methyl sites for hydroxylation is 1. The molecule has 0 saturated carbocycles. The lowest BCUT2D eigenvalue weighted by molar-refractivity contribution is 0.773. The van der Waals surface area contributed by atoms with E-state index in [0.29, 0.717) is 6.04 Å². The standard InChI is InChI=1S/C16H18N6S/c1-22-14-7-3-2-6-12(14)19-15(22)13-10-23-16(20-13)21-18-9-11-5-4-8-17-11/h2-3,6-7,9-11,17H,4-5,8H2,1H3,(H,20,21)/b18-9-. The Morgan fingerprint density at radius 2 is 2.30 bits per heavy atom. The van der Waals surface area contributed by atoms with E-state index in [1.807, 2.05) is 36.8 Å². The fraction of sp³-hybridized carbons (Fsp3) is 0.312. The smallest absolute Gasteiger partial charge is 0.203 e. The fourth-order valence-corrected chi connectivity index (χ4v) is 3.46. The number of benzene rings is 1. The zero-order chi connectivity index (χ0) is 15.6. The molecule has 4 rings (SSSR count). The highest BCUT2D eigenvalue weighted by Gasteiger charge is 2.13. The number of aromatic nitrogens is 3. The van der Waals surface area contributed by atoms with Crippen molar-refractivity contribution in [3.8, 4) is 11.5 Å². The van der Waals surface area contributed by atoms with Crippen molar-refractivity contribution < 1.29 is 0 Å². The Kier molecular flexibility index (Phi) is 3.80. The maximum absolute atomic E-state index is 4.67. The molecule has 1 saturated heterocycles. The third-order valence-electron chi connectivity index (χ3n) is 4.03. The molecule has 3 heterocycles. The van der Waals surface area contributed by atoms with E-state index in [1.54, 1.807) is 0 Å². The van der Waals surface area contributed by atoms with Crippen LogP contribution < -0.4 is 10.7 Å². The largest absolute Gasteiger partial charge is 0.326 e. The van der Waals surface area contributed by atoms with E-state index in [-0.39, 0.29) is 0 Å². The zero-order valence-electron chi connectivity index (χ0n) is 12.9. The summed E-state index contributed by atoms with van der Waals surface area (Å²) in [6.07, 6.45) is 4.28. The van der Waals surface area contributed by atoms with Gasteiger partial charge in [-0.1, -0.05) is 12.1 Å². The summed E-state index contributed by atoms with van der Waals surface area (Å²) in [6.45, 7) is 1.07. The molecule has 3 aromatic rings. The van der Waals surface area contributed by atoms with Gasteiger partial charge in [0.05, 0.1) is 11.0 Å². The van der Waals surface area contributed by atoms with Crippen LogP contribution in [0.2, 0.25) is 0 Å². The van der Waals surface area contributed by atoms with Crippen LogP contribution in [0.15, 0.2) is 34.7 Å². The number of rotatable bonds is 4. The molecule has 118 valence electrons. The quantitative estimate of drug-likeness (QED) is 0.571. The second kappa shape index (κ2) is 6.10. The Balaban J connectivity index is 1.53. The van der Waals surface area contributed by atoms with Crippen LogP contribution in [0.25, 0.3) is 22.6 Å². The summed E-state index contributed by atoms with van der Waals surface area (Å²) >= 11 is 1.54. The molecule has 1 aromatic carbocycles. The van der Waals surface area contributed by atoms with Gasteiger partial charge in [0.2, 0.25) is 5.13 Å². The first kappa shape index (κ1) is 14.3. The van der Waals surface area contributed by atoms with Crippen molar-refractivity contribution in [1.29, 1.82) is 0 Å². The van der Waals surface area contributed by atoms with Crippen LogP contribution in [-0.2, 0) is 7.05 Å². The van der Waals surface area contributed by atoms with E-state index in [0.717, 1.165) is 40.6 Å². The Labute approximate surface area is 138 Å². The van der Waals surface area contributed by atoms with Crippen LogP contribution in [0.3, 0.4) is 0 Å². The van der Waals surface area contributed by atoms with Gasteiger partial charge in [-0.2, -0.15) is 5.10 Å². The van der Waals surface area contributed by atoms with E-state index in [9.17, 15) is 0 Å².